The van der Waals surface area contributed by atoms with Crippen LogP contribution in [-0.4, -0.2) is 23.3 Å². The van der Waals surface area contributed by atoms with E-state index in [0.29, 0.717) is 0 Å². The van der Waals surface area contributed by atoms with E-state index in [9.17, 15) is 9.90 Å². The highest BCUT2D eigenvalue weighted by Gasteiger charge is 2.09. The number of aliphatic hydroxyl groups is 1. The lowest BCUT2D eigenvalue weighted by Gasteiger charge is -2.10. The van der Waals surface area contributed by atoms with Crippen LogP contribution in [0.15, 0.2) is 12.2 Å². The highest BCUT2D eigenvalue weighted by molar-refractivity contribution is 5.82. The fraction of sp³-hybridized carbons (Fsp3) is 0.727. The molecule has 0 aliphatic carbocycles. The number of cyclic esters (lactones) is 1. The lowest BCUT2D eigenvalue weighted by molar-refractivity contribution is -0.142. The molecule has 80 valence electrons. The lowest BCUT2D eigenvalue weighted by Crippen LogP contribution is -2.12. The van der Waals surface area contributed by atoms with Gasteiger partial charge in [0, 0.05) is 6.08 Å². The molecule has 1 N–H and O–H groups in total. The molecule has 0 aromatic carbocycles. The first-order valence-corrected chi connectivity index (χ1v) is 5.25. The minimum absolute atomic E-state index is 0.0117. The molecule has 0 aromatic heterocycles. The normalized spacial score (nSPS) is 32.9. The maximum absolute atomic E-state index is 11.1. The van der Waals surface area contributed by atoms with Gasteiger partial charge in [-0.25, -0.2) is 4.79 Å². The first-order valence-electron chi connectivity index (χ1n) is 5.25. The Balaban J connectivity index is 2.50. The van der Waals surface area contributed by atoms with Crippen molar-refractivity contribution in [3.8, 4) is 0 Å². The Morgan fingerprint density at radius 3 is 2.86 bits per heavy atom. The van der Waals surface area contributed by atoms with Gasteiger partial charge in [0.15, 0.2) is 0 Å². The maximum Gasteiger partial charge on any atom is 0.330 e. The number of esters is 1. The van der Waals surface area contributed by atoms with E-state index in [1.54, 1.807) is 0 Å². The van der Waals surface area contributed by atoms with Crippen LogP contribution in [0.25, 0.3) is 0 Å². The predicted molar refractivity (Wildman–Crippen MR) is 53.8 cm³/mol. The topological polar surface area (TPSA) is 46.5 Å². The molecular formula is C11H18O3. The zero-order valence-corrected chi connectivity index (χ0v) is 8.61. The SMILES string of the molecule is CC1CCCCCC(O)/C=C/C(=O)O1. The maximum atomic E-state index is 11.1. The number of carbonyl (C=O) groups is 1. The average Bonchev–Trinajstić information content (AvgIpc) is 2.15. The first kappa shape index (κ1) is 11.2. The Kier molecular flexibility index (Phi) is 4.66. The highest BCUT2D eigenvalue weighted by atomic mass is 16.5. The molecule has 14 heavy (non-hydrogen) atoms. The molecular weight excluding hydrogens is 180 g/mol. The molecule has 1 aliphatic rings. The van der Waals surface area contributed by atoms with E-state index in [4.69, 9.17) is 4.74 Å². The Hall–Kier alpha value is -0.830. The van der Waals surface area contributed by atoms with Crippen molar-refractivity contribution in [1.29, 1.82) is 0 Å². The van der Waals surface area contributed by atoms with E-state index in [0.717, 1.165) is 32.1 Å². The van der Waals surface area contributed by atoms with Gasteiger partial charge in [0.05, 0.1) is 12.2 Å². The third-order valence-corrected chi connectivity index (χ3v) is 2.38. The molecule has 0 bridgehead atoms. The molecule has 0 radical (unpaired) electrons. The summed E-state index contributed by atoms with van der Waals surface area (Å²) in [6.07, 6.45) is 7.12. The largest absolute Gasteiger partial charge is 0.460 e. The van der Waals surface area contributed by atoms with Gasteiger partial charge in [-0.15, -0.1) is 0 Å². The van der Waals surface area contributed by atoms with Crippen molar-refractivity contribution >= 4 is 5.97 Å². The number of hydrogen-bond acceptors (Lipinski definition) is 3. The Morgan fingerprint density at radius 2 is 2.07 bits per heavy atom. The predicted octanol–water partition coefficient (Wildman–Crippen LogP) is 1.80. The van der Waals surface area contributed by atoms with E-state index in [-0.39, 0.29) is 12.1 Å². The molecule has 1 aliphatic heterocycles. The lowest BCUT2D eigenvalue weighted by atomic mass is 10.1. The number of carbonyl (C=O) groups excluding carboxylic acids is 1. The monoisotopic (exact) mass is 198 g/mol. The molecule has 3 heteroatoms. The fourth-order valence-corrected chi connectivity index (χ4v) is 1.54. The first-order chi connectivity index (χ1) is 6.68. The second kappa shape index (κ2) is 5.81. The van der Waals surface area contributed by atoms with Crippen molar-refractivity contribution in [2.24, 2.45) is 0 Å². The van der Waals surface area contributed by atoms with Gasteiger partial charge < -0.3 is 9.84 Å². The zero-order chi connectivity index (χ0) is 10.4. The van der Waals surface area contributed by atoms with Crippen molar-refractivity contribution < 1.29 is 14.6 Å². The van der Waals surface area contributed by atoms with Crippen LogP contribution in [0.5, 0.6) is 0 Å². The second-order valence-corrected chi connectivity index (χ2v) is 3.81. The van der Waals surface area contributed by atoms with Gasteiger partial charge in [-0.1, -0.05) is 12.8 Å². The van der Waals surface area contributed by atoms with Gasteiger partial charge >= 0.3 is 5.97 Å². The highest BCUT2D eigenvalue weighted by Crippen LogP contribution is 2.11. The molecule has 3 nitrogen and oxygen atoms in total. The van der Waals surface area contributed by atoms with Gasteiger partial charge in [-0.3, -0.25) is 0 Å². The third kappa shape index (κ3) is 4.42. The van der Waals surface area contributed by atoms with Crippen LogP contribution in [0.3, 0.4) is 0 Å². The number of aliphatic hydroxyl groups excluding tert-OH is 1. The van der Waals surface area contributed by atoms with Crippen molar-refractivity contribution in [2.45, 2.75) is 51.2 Å². The number of rotatable bonds is 0. The van der Waals surface area contributed by atoms with Gasteiger partial charge in [0.1, 0.15) is 0 Å². The van der Waals surface area contributed by atoms with Gasteiger partial charge in [0.25, 0.3) is 0 Å². The molecule has 0 saturated heterocycles. The van der Waals surface area contributed by atoms with E-state index in [2.05, 4.69) is 0 Å². The third-order valence-electron chi connectivity index (χ3n) is 2.38. The smallest absolute Gasteiger partial charge is 0.330 e. The van der Waals surface area contributed by atoms with E-state index < -0.39 is 6.10 Å². The fourth-order valence-electron chi connectivity index (χ4n) is 1.54. The quantitative estimate of drug-likeness (QED) is 0.604. The molecule has 0 amide bonds. The summed E-state index contributed by atoms with van der Waals surface area (Å²) in [5, 5.41) is 9.41. The van der Waals surface area contributed by atoms with E-state index >= 15 is 0 Å². The van der Waals surface area contributed by atoms with Crippen molar-refractivity contribution in [3.63, 3.8) is 0 Å². The molecule has 2 atom stereocenters. The van der Waals surface area contributed by atoms with Crippen LogP contribution < -0.4 is 0 Å². The van der Waals surface area contributed by atoms with E-state index in [1.165, 1.54) is 12.2 Å². The summed E-state index contributed by atoms with van der Waals surface area (Å²) in [5.41, 5.74) is 0. The van der Waals surface area contributed by atoms with Gasteiger partial charge in [0.2, 0.25) is 0 Å². The van der Waals surface area contributed by atoms with Crippen LogP contribution in [0, 0.1) is 0 Å². The average molecular weight is 198 g/mol. The van der Waals surface area contributed by atoms with Crippen molar-refractivity contribution in [2.75, 3.05) is 0 Å². The van der Waals surface area contributed by atoms with E-state index in [1.807, 2.05) is 6.92 Å². The van der Waals surface area contributed by atoms with Crippen molar-refractivity contribution in [3.05, 3.63) is 12.2 Å². The summed E-state index contributed by atoms with van der Waals surface area (Å²) in [6.45, 7) is 1.90. The minimum atomic E-state index is -0.504. The number of hydrogen-bond donors (Lipinski definition) is 1. The second-order valence-electron chi connectivity index (χ2n) is 3.81. The molecule has 2 unspecified atom stereocenters. The Bertz CT molecular complexity index is 211. The molecule has 1 heterocycles. The van der Waals surface area contributed by atoms with Gasteiger partial charge in [-0.2, -0.15) is 0 Å². The minimum Gasteiger partial charge on any atom is -0.460 e. The summed E-state index contributed by atoms with van der Waals surface area (Å²) in [7, 11) is 0. The Labute approximate surface area is 84.8 Å². The van der Waals surface area contributed by atoms with Crippen LogP contribution in [0.1, 0.15) is 39.0 Å². The summed E-state index contributed by atoms with van der Waals surface area (Å²) in [5.74, 6) is -0.349. The zero-order valence-electron chi connectivity index (χ0n) is 8.61. The van der Waals surface area contributed by atoms with Crippen LogP contribution in [-0.2, 0) is 9.53 Å². The molecule has 1 rings (SSSR count). The molecule has 0 saturated carbocycles. The summed E-state index contributed by atoms with van der Waals surface area (Å²) in [6, 6.07) is 0. The summed E-state index contributed by atoms with van der Waals surface area (Å²) >= 11 is 0. The van der Waals surface area contributed by atoms with Crippen LogP contribution in [0.2, 0.25) is 0 Å². The molecule has 0 spiro atoms. The van der Waals surface area contributed by atoms with Gasteiger partial charge in [-0.05, 0) is 32.3 Å². The molecule has 0 fully saturated rings. The van der Waals surface area contributed by atoms with Crippen molar-refractivity contribution in [1.82, 2.24) is 0 Å². The summed E-state index contributed by atoms with van der Waals surface area (Å²) in [4.78, 5) is 11.1. The summed E-state index contributed by atoms with van der Waals surface area (Å²) < 4.78 is 5.09. The number of ether oxygens (including phenoxy) is 1. The Morgan fingerprint density at radius 1 is 1.36 bits per heavy atom. The molecule has 0 aromatic rings. The van der Waals surface area contributed by atoms with Crippen LogP contribution >= 0.6 is 0 Å². The van der Waals surface area contributed by atoms with Crippen LogP contribution in [0.4, 0.5) is 0 Å². The standard InChI is InChI=1S/C11H18O3/c1-9-5-3-2-4-6-10(12)7-8-11(13)14-9/h7-10,12H,2-6H2,1H3/b8-7+.